The lowest BCUT2D eigenvalue weighted by Crippen LogP contribution is -2.24. The highest BCUT2D eigenvalue weighted by atomic mass is 32.2. The molecule has 0 radical (unpaired) electrons. The summed E-state index contributed by atoms with van der Waals surface area (Å²) in [5.41, 5.74) is 3.23. The Hall–Kier alpha value is -3.24. The van der Waals surface area contributed by atoms with Gasteiger partial charge in [0.2, 0.25) is 5.89 Å². The van der Waals surface area contributed by atoms with E-state index < -0.39 is 0 Å². The number of aryl methyl sites for hydroxylation is 3. The third-order valence-electron chi connectivity index (χ3n) is 5.63. The molecule has 0 atom stereocenters. The summed E-state index contributed by atoms with van der Waals surface area (Å²) in [6.07, 6.45) is 0. The number of fused-ring (bicyclic) bond motifs is 1. The van der Waals surface area contributed by atoms with Crippen LogP contribution in [0, 0.1) is 20.8 Å². The van der Waals surface area contributed by atoms with Gasteiger partial charge in [-0.1, -0.05) is 47.3 Å². The average Bonchev–Trinajstić information content (AvgIpc) is 3.50. The van der Waals surface area contributed by atoms with Crippen molar-refractivity contribution in [3.05, 3.63) is 62.8 Å². The Morgan fingerprint density at radius 2 is 1.88 bits per heavy atom. The molecular formula is C24H23N5O3S2. The van der Waals surface area contributed by atoms with Crippen molar-refractivity contribution in [1.82, 2.24) is 24.9 Å². The highest BCUT2D eigenvalue weighted by molar-refractivity contribution is 7.98. The number of hydrogen-bond donors (Lipinski definition) is 0. The topological polar surface area (TPSA) is 99.8 Å². The van der Waals surface area contributed by atoms with E-state index in [0.717, 1.165) is 20.8 Å². The van der Waals surface area contributed by atoms with Crippen molar-refractivity contribution in [2.45, 2.75) is 51.6 Å². The first-order chi connectivity index (χ1) is 16.3. The van der Waals surface area contributed by atoms with Crippen LogP contribution < -0.4 is 5.56 Å². The summed E-state index contributed by atoms with van der Waals surface area (Å²) in [6, 6.07) is 9.70. The van der Waals surface area contributed by atoms with Gasteiger partial charge in [-0.2, -0.15) is 0 Å². The maximum Gasteiger partial charge on any atom is 0.263 e. The van der Waals surface area contributed by atoms with E-state index in [9.17, 15) is 4.79 Å². The molecule has 0 spiro atoms. The van der Waals surface area contributed by atoms with E-state index in [2.05, 4.69) is 15.4 Å². The van der Waals surface area contributed by atoms with Crippen molar-refractivity contribution in [2.24, 2.45) is 0 Å². The lowest BCUT2D eigenvalue weighted by Gasteiger charge is -2.14. The van der Waals surface area contributed by atoms with Crippen LogP contribution in [0.2, 0.25) is 0 Å². The largest absolute Gasteiger partial charge is 0.420 e. The fourth-order valence-corrected chi connectivity index (χ4v) is 5.84. The second-order valence-corrected chi connectivity index (χ2v) is 10.4. The van der Waals surface area contributed by atoms with E-state index in [1.54, 1.807) is 15.9 Å². The Kier molecular flexibility index (Phi) is 5.86. The highest BCUT2D eigenvalue weighted by Gasteiger charge is 2.23. The second-order valence-electron chi connectivity index (χ2n) is 8.24. The van der Waals surface area contributed by atoms with Gasteiger partial charge in [0, 0.05) is 16.5 Å². The van der Waals surface area contributed by atoms with Crippen LogP contribution in [-0.4, -0.2) is 24.9 Å². The van der Waals surface area contributed by atoms with Gasteiger partial charge in [-0.25, -0.2) is 4.98 Å². The van der Waals surface area contributed by atoms with Crippen molar-refractivity contribution in [2.75, 3.05) is 0 Å². The Balaban J connectivity index is 1.46. The fraction of sp³-hybridized carbons (Fsp3) is 0.292. The van der Waals surface area contributed by atoms with Gasteiger partial charge < -0.3 is 8.94 Å². The van der Waals surface area contributed by atoms with E-state index in [4.69, 9.17) is 13.9 Å². The molecule has 0 aliphatic rings. The number of aromatic nitrogens is 5. The standard InChI is InChI=1S/C24H23N5O3S2/c1-12(2)29-23(30)18-13(3)15(5)34-22(18)25-24(29)33-11-17-26-27-21(31-17)19-14(4)32-28-20(19)16-9-7-6-8-10-16/h6-10,12H,11H2,1-5H3. The zero-order valence-electron chi connectivity index (χ0n) is 19.4. The van der Waals surface area contributed by atoms with Crippen LogP contribution in [-0.2, 0) is 5.75 Å². The molecule has 0 fully saturated rings. The van der Waals surface area contributed by atoms with Crippen LogP contribution in [0.4, 0.5) is 0 Å². The Morgan fingerprint density at radius 3 is 2.62 bits per heavy atom. The monoisotopic (exact) mass is 493 g/mol. The number of rotatable bonds is 6. The van der Waals surface area contributed by atoms with Gasteiger partial charge in [0.15, 0.2) is 5.16 Å². The number of hydrogen-bond acceptors (Lipinski definition) is 9. The SMILES string of the molecule is Cc1onc(-c2ccccc2)c1-c1nnc(CSc2nc3sc(C)c(C)c3c(=O)n2C(C)C)o1. The summed E-state index contributed by atoms with van der Waals surface area (Å²) < 4.78 is 13.1. The minimum atomic E-state index is -0.0298. The van der Waals surface area contributed by atoms with E-state index in [1.807, 2.05) is 65.0 Å². The predicted octanol–water partition coefficient (Wildman–Crippen LogP) is 5.96. The van der Waals surface area contributed by atoms with Crippen LogP contribution in [0.1, 0.15) is 42.0 Å². The normalized spacial score (nSPS) is 11.7. The first-order valence-corrected chi connectivity index (χ1v) is 12.6. The number of nitrogens with zero attached hydrogens (tertiary/aromatic N) is 5. The van der Waals surface area contributed by atoms with Gasteiger partial charge in [-0.15, -0.1) is 21.5 Å². The van der Waals surface area contributed by atoms with Gasteiger partial charge in [-0.05, 0) is 40.2 Å². The molecule has 34 heavy (non-hydrogen) atoms. The molecule has 10 heteroatoms. The molecule has 0 bridgehead atoms. The van der Waals surface area contributed by atoms with Crippen molar-refractivity contribution in [3.8, 4) is 22.7 Å². The van der Waals surface area contributed by atoms with Crippen LogP contribution in [0.3, 0.4) is 0 Å². The maximum atomic E-state index is 13.3. The van der Waals surface area contributed by atoms with E-state index in [0.29, 0.717) is 45.1 Å². The first-order valence-electron chi connectivity index (χ1n) is 10.8. The zero-order valence-corrected chi connectivity index (χ0v) is 21.1. The molecule has 0 saturated carbocycles. The Bertz CT molecular complexity index is 1550. The van der Waals surface area contributed by atoms with Gasteiger partial charge >= 0.3 is 0 Å². The van der Waals surface area contributed by atoms with E-state index in [-0.39, 0.29) is 11.6 Å². The molecule has 0 amide bonds. The molecule has 174 valence electrons. The minimum Gasteiger partial charge on any atom is -0.420 e. The summed E-state index contributed by atoms with van der Waals surface area (Å²) in [5, 5.41) is 14.0. The zero-order chi connectivity index (χ0) is 24.0. The smallest absolute Gasteiger partial charge is 0.263 e. The summed E-state index contributed by atoms with van der Waals surface area (Å²) in [4.78, 5) is 19.9. The molecule has 4 heterocycles. The van der Waals surface area contributed by atoms with Crippen LogP contribution >= 0.6 is 23.1 Å². The highest BCUT2D eigenvalue weighted by Crippen LogP contribution is 2.34. The molecule has 0 saturated heterocycles. The lowest BCUT2D eigenvalue weighted by atomic mass is 10.1. The van der Waals surface area contributed by atoms with Gasteiger partial charge in [0.25, 0.3) is 11.4 Å². The van der Waals surface area contributed by atoms with Crippen molar-refractivity contribution < 1.29 is 8.94 Å². The summed E-state index contributed by atoms with van der Waals surface area (Å²) in [5.74, 6) is 1.77. The minimum absolute atomic E-state index is 0.0110. The van der Waals surface area contributed by atoms with Crippen LogP contribution in [0.25, 0.3) is 32.9 Å². The molecule has 1 aromatic carbocycles. The molecule has 5 rings (SSSR count). The third-order valence-corrected chi connectivity index (χ3v) is 7.67. The van der Waals surface area contributed by atoms with Crippen molar-refractivity contribution >= 4 is 33.3 Å². The molecular weight excluding hydrogens is 470 g/mol. The quantitative estimate of drug-likeness (QED) is 0.211. The second kappa shape index (κ2) is 8.84. The van der Waals surface area contributed by atoms with Gasteiger partial charge in [0.1, 0.15) is 21.8 Å². The molecule has 4 aromatic heterocycles. The predicted molar refractivity (Wildman–Crippen MR) is 133 cm³/mol. The molecule has 0 aliphatic heterocycles. The Labute approximate surface area is 204 Å². The summed E-state index contributed by atoms with van der Waals surface area (Å²) in [7, 11) is 0. The van der Waals surface area contributed by atoms with Crippen molar-refractivity contribution in [3.63, 3.8) is 0 Å². The van der Waals surface area contributed by atoms with Gasteiger partial charge in [0.05, 0.1) is 11.1 Å². The molecule has 5 aromatic rings. The number of thioether (sulfide) groups is 1. The summed E-state index contributed by atoms with van der Waals surface area (Å²) >= 11 is 2.96. The first kappa shape index (κ1) is 22.5. The lowest BCUT2D eigenvalue weighted by molar-refractivity contribution is 0.399. The van der Waals surface area contributed by atoms with Crippen LogP contribution in [0.5, 0.6) is 0 Å². The average molecular weight is 494 g/mol. The Morgan fingerprint density at radius 1 is 1.12 bits per heavy atom. The van der Waals surface area contributed by atoms with Gasteiger partial charge in [-0.3, -0.25) is 9.36 Å². The fourth-order valence-electron chi connectivity index (χ4n) is 3.80. The van der Waals surface area contributed by atoms with E-state index in [1.165, 1.54) is 11.8 Å². The number of thiophene rings is 1. The molecule has 8 nitrogen and oxygen atoms in total. The molecule has 0 aliphatic carbocycles. The van der Waals surface area contributed by atoms with Crippen molar-refractivity contribution in [1.29, 1.82) is 0 Å². The van der Waals surface area contributed by atoms with E-state index >= 15 is 0 Å². The third kappa shape index (κ3) is 3.86. The summed E-state index contributed by atoms with van der Waals surface area (Å²) in [6.45, 7) is 9.78. The molecule has 0 N–H and O–H groups in total. The molecule has 0 unspecified atom stereocenters. The maximum absolute atomic E-state index is 13.3. The van der Waals surface area contributed by atoms with Crippen LogP contribution in [0.15, 0.2) is 49.2 Å². The number of benzene rings is 1.